The second kappa shape index (κ2) is 4.51. The Morgan fingerprint density at radius 1 is 1.35 bits per heavy atom. The molecule has 1 aromatic heterocycles. The predicted octanol–water partition coefficient (Wildman–Crippen LogP) is 3.16. The lowest BCUT2D eigenvalue weighted by Gasteiger charge is -2.11. The van der Waals surface area contributed by atoms with E-state index in [0.29, 0.717) is 5.02 Å². The van der Waals surface area contributed by atoms with Gasteiger partial charge < -0.3 is 10.3 Å². The normalized spacial score (nSPS) is 12.8. The predicted molar refractivity (Wildman–Crippen MR) is 70.7 cm³/mol. The monoisotopic (exact) mass is 249 g/mol. The molecule has 0 aliphatic rings. The third kappa shape index (κ3) is 2.21. The van der Waals surface area contributed by atoms with Crippen molar-refractivity contribution in [1.29, 1.82) is 0 Å². The number of benzene rings is 1. The van der Waals surface area contributed by atoms with Gasteiger partial charge >= 0.3 is 0 Å². The molecular weight excluding hydrogens is 234 g/mol. The van der Waals surface area contributed by atoms with Crippen LogP contribution in [0, 0.1) is 13.8 Å². The average molecular weight is 250 g/mol. The summed E-state index contributed by atoms with van der Waals surface area (Å²) in [7, 11) is 0. The van der Waals surface area contributed by atoms with E-state index < -0.39 is 0 Å². The first-order valence-corrected chi connectivity index (χ1v) is 5.94. The molecule has 17 heavy (non-hydrogen) atoms. The van der Waals surface area contributed by atoms with Crippen LogP contribution in [0.15, 0.2) is 24.5 Å². The maximum atomic E-state index is 6.29. The van der Waals surface area contributed by atoms with E-state index in [4.69, 9.17) is 17.3 Å². The van der Waals surface area contributed by atoms with Crippen LogP contribution >= 0.6 is 11.6 Å². The van der Waals surface area contributed by atoms with Crippen LogP contribution in [0.2, 0.25) is 5.02 Å². The number of hydrogen-bond acceptors (Lipinski definition) is 2. The minimum Gasteiger partial charge on any atom is -0.324 e. The number of aryl methyl sites for hydroxylation is 1. The fourth-order valence-corrected chi connectivity index (χ4v) is 2.02. The van der Waals surface area contributed by atoms with Gasteiger partial charge in [0.2, 0.25) is 0 Å². The van der Waals surface area contributed by atoms with Gasteiger partial charge in [-0.1, -0.05) is 17.7 Å². The molecule has 1 unspecified atom stereocenters. The Bertz CT molecular complexity index is 544. The molecule has 1 aromatic carbocycles. The van der Waals surface area contributed by atoms with Crippen molar-refractivity contribution in [1.82, 2.24) is 9.55 Å². The first-order valence-electron chi connectivity index (χ1n) is 5.56. The van der Waals surface area contributed by atoms with Gasteiger partial charge in [0, 0.05) is 11.7 Å². The molecule has 0 amide bonds. The molecule has 2 rings (SSSR count). The molecule has 0 aliphatic heterocycles. The van der Waals surface area contributed by atoms with Crippen LogP contribution < -0.4 is 5.73 Å². The maximum absolute atomic E-state index is 6.29. The maximum Gasteiger partial charge on any atom is 0.0997 e. The molecule has 0 saturated heterocycles. The molecule has 0 spiro atoms. The Labute approximate surface area is 106 Å². The molecule has 0 saturated carbocycles. The zero-order chi connectivity index (χ0) is 12.6. The van der Waals surface area contributed by atoms with Crippen molar-refractivity contribution in [2.75, 3.05) is 0 Å². The van der Waals surface area contributed by atoms with E-state index in [1.165, 1.54) is 0 Å². The molecule has 4 heteroatoms. The Kier molecular flexibility index (Phi) is 3.22. The largest absolute Gasteiger partial charge is 0.324 e. The van der Waals surface area contributed by atoms with Crippen molar-refractivity contribution in [3.63, 3.8) is 0 Å². The first-order chi connectivity index (χ1) is 8.00. The molecule has 2 N–H and O–H groups in total. The number of aromatic nitrogens is 2. The molecule has 1 atom stereocenters. The van der Waals surface area contributed by atoms with Crippen molar-refractivity contribution in [3.05, 3.63) is 46.5 Å². The Morgan fingerprint density at radius 3 is 2.53 bits per heavy atom. The summed E-state index contributed by atoms with van der Waals surface area (Å²) in [6.07, 6.45) is 1.79. The van der Waals surface area contributed by atoms with Crippen LogP contribution in [0.5, 0.6) is 0 Å². The van der Waals surface area contributed by atoms with E-state index in [9.17, 15) is 0 Å². The zero-order valence-electron chi connectivity index (χ0n) is 10.2. The van der Waals surface area contributed by atoms with Gasteiger partial charge in [-0.25, -0.2) is 4.98 Å². The van der Waals surface area contributed by atoms with Crippen LogP contribution in [0.4, 0.5) is 0 Å². The summed E-state index contributed by atoms with van der Waals surface area (Å²) in [6.45, 7) is 5.95. The number of imidazole rings is 1. The summed E-state index contributed by atoms with van der Waals surface area (Å²) in [5.41, 5.74) is 9.91. The van der Waals surface area contributed by atoms with Crippen LogP contribution in [-0.4, -0.2) is 9.55 Å². The molecule has 0 fully saturated rings. The highest BCUT2D eigenvalue weighted by molar-refractivity contribution is 6.32. The molecule has 2 aromatic rings. The van der Waals surface area contributed by atoms with Gasteiger partial charge in [-0.15, -0.1) is 0 Å². The van der Waals surface area contributed by atoms with Crippen LogP contribution in [0.1, 0.15) is 29.9 Å². The third-order valence-electron chi connectivity index (χ3n) is 3.01. The number of halogens is 1. The molecule has 1 heterocycles. The van der Waals surface area contributed by atoms with E-state index in [2.05, 4.69) is 4.98 Å². The van der Waals surface area contributed by atoms with Gasteiger partial charge in [0.25, 0.3) is 0 Å². The van der Waals surface area contributed by atoms with Crippen LogP contribution in [0.25, 0.3) is 5.69 Å². The highest BCUT2D eigenvalue weighted by Crippen LogP contribution is 2.25. The minimum atomic E-state index is -0.00725. The van der Waals surface area contributed by atoms with Crippen LogP contribution in [-0.2, 0) is 0 Å². The Morgan fingerprint density at radius 2 is 2.06 bits per heavy atom. The van der Waals surface area contributed by atoms with Gasteiger partial charge in [-0.05, 0) is 38.5 Å². The quantitative estimate of drug-likeness (QED) is 0.889. The fraction of sp³-hybridized carbons (Fsp3) is 0.308. The Balaban J connectivity index is 2.50. The highest BCUT2D eigenvalue weighted by Gasteiger charge is 2.09. The van der Waals surface area contributed by atoms with Crippen molar-refractivity contribution in [2.24, 2.45) is 5.73 Å². The van der Waals surface area contributed by atoms with Crippen molar-refractivity contribution >= 4 is 11.6 Å². The van der Waals surface area contributed by atoms with Gasteiger partial charge in [-0.3, -0.25) is 0 Å². The average Bonchev–Trinajstić information content (AvgIpc) is 2.60. The number of hydrogen-bond donors (Lipinski definition) is 1. The van der Waals surface area contributed by atoms with Gasteiger partial charge in [0.1, 0.15) is 0 Å². The summed E-state index contributed by atoms with van der Waals surface area (Å²) >= 11 is 6.29. The third-order valence-corrected chi connectivity index (χ3v) is 3.31. The molecular formula is C13H16ClN3. The molecule has 0 bridgehead atoms. The van der Waals surface area contributed by atoms with E-state index >= 15 is 0 Å². The van der Waals surface area contributed by atoms with E-state index in [-0.39, 0.29) is 6.04 Å². The number of nitrogens with zero attached hydrogens (tertiary/aromatic N) is 2. The molecule has 0 radical (unpaired) electrons. The van der Waals surface area contributed by atoms with Gasteiger partial charge in [0.15, 0.2) is 0 Å². The van der Waals surface area contributed by atoms with Crippen molar-refractivity contribution in [3.8, 4) is 5.69 Å². The summed E-state index contributed by atoms with van der Waals surface area (Å²) in [5, 5.41) is 0.695. The standard InChI is InChI=1S/C13H16ClN3/c1-8(15)11-4-5-13(12(14)6-11)17-7-16-9(2)10(17)3/h4-8H,15H2,1-3H3. The Hall–Kier alpha value is -1.32. The van der Waals surface area contributed by atoms with Crippen molar-refractivity contribution in [2.45, 2.75) is 26.8 Å². The molecule has 90 valence electrons. The summed E-state index contributed by atoms with van der Waals surface area (Å²) < 4.78 is 1.99. The lowest BCUT2D eigenvalue weighted by atomic mass is 10.1. The summed E-state index contributed by atoms with van der Waals surface area (Å²) in [4.78, 5) is 4.27. The van der Waals surface area contributed by atoms with Crippen LogP contribution in [0.3, 0.4) is 0 Å². The first kappa shape index (κ1) is 12.1. The number of nitrogens with two attached hydrogens (primary N) is 1. The van der Waals surface area contributed by atoms with Gasteiger partial charge in [-0.2, -0.15) is 0 Å². The van der Waals surface area contributed by atoms with E-state index in [1.807, 2.05) is 43.5 Å². The topological polar surface area (TPSA) is 43.8 Å². The smallest absolute Gasteiger partial charge is 0.0997 e. The fourth-order valence-electron chi connectivity index (χ4n) is 1.74. The summed E-state index contributed by atoms with van der Waals surface area (Å²) in [6, 6.07) is 5.89. The molecule has 3 nitrogen and oxygen atoms in total. The SMILES string of the molecule is Cc1ncn(-c2ccc(C(C)N)cc2Cl)c1C. The van der Waals surface area contributed by atoms with Gasteiger partial charge in [0.05, 0.1) is 22.7 Å². The van der Waals surface area contributed by atoms with Crippen molar-refractivity contribution < 1.29 is 0 Å². The number of rotatable bonds is 2. The molecule has 0 aliphatic carbocycles. The van der Waals surface area contributed by atoms with E-state index in [0.717, 1.165) is 22.6 Å². The van der Waals surface area contributed by atoms with E-state index in [1.54, 1.807) is 6.33 Å². The second-order valence-corrected chi connectivity index (χ2v) is 4.69. The lowest BCUT2D eigenvalue weighted by Crippen LogP contribution is -2.05. The minimum absolute atomic E-state index is 0.00725. The highest BCUT2D eigenvalue weighted by atomic mass is 35.5. The zero-order valence-corrected chi connectivity index (χ0v) is 11.0. The lowest BCUT2D eigenvalue weighted by molar-refractivity contribution is 0.817. The second-order valence-electron chi connectivity index (χ2n) is 4.28. The summed E-state index contributed by atoms with van der Waals surface area (Å²) in [5.74, 6) is 0.